The van der Waals surface area contributed by atoms with E-state index in [4.69, 9.17) is 13.7 Å². The van der Waals surface area contributed by atoms with Crippen LogP contribution in [0.3, 0.4) is 0 Å². The lowest BCUT2D eigenvalue weighted by molar-refractivity contribution is -0.147. The van der Waals surface area contributed by atoms with Crippen molar-refractivity contribution in [2.45, 2.75) is 213 Å². The zero-order valence-electron chi connectivity index (χ0n) is 35.6. The van der Waals surface area contributed by atoms with Crippen molar-refractivity contribution in [3.8, 4) is 0 Å². The smallest absolute Gasteiger partial charge is 0.336 e. The minimum absolute atomic E-state index is 0.0343. The number of nitrogens with one attached hydrogen (secondary N) is 1. The summed E-state index contributed by atoms with van der Waals surface area (Å²) < 4.78 is 44.0. The number of unbranched alkanes of at least 4 members (excludes halogenated alkanes) is 22. The summed E-state index contributed by atoms with van der Waals surface area (Å²) in [5.74, 6) is -0.757. The van der Waals surface area contributed by atoms with Gasteiger partial charge in [0.25, 0.3) is 0 Å². The first-order valence-electron chi connectivity index (χ1n) is 22.9. The van der Waals surface area contributed by atoms with Crippen molar-refractivity contribution in [3.63, 3.8) is 0 Å². The van der Waals surface area contributed by atoms with Gasteiger partial charge in [-0.1, -0.05) is 141 Å². The third-order valence-electron chi connectivity index (χ3n) is 10.3. The van der Waals surface area contributed by atoms with Crippen molar-refractivity contribution in [1.82, 2.24) is 9.62 Å². The minimum atomic E-state index is -4.12. The van der Waals surface area contributed by atoms with Gasteiger partial charge >= 0.3 is 22.2 Å². The van der Waals surface area contributed by atoms with Crippen LogP contribution in [0.25, 0.3) is 0 Å². The molecule has 0 atom stereocenters. The van der Waals surface area contributed by atoms with Gasteiger partial charge in [0.1, 0.15) is 13.2 Å². The Morgan fingerprint density at radius 3 is 1.33 bits per heavy atom. The molecule has 55 heavy (non-hydrogen) atoms. The van der Waals surface area contributed by atoms with E-state index in [1.807, 2.05) is 0 Å². The molecule has 1 rings (SSSR count). The Morgan fingerprint density at radius 2 is 0.927 bits per heavy atom. The van der Waals surface area contributed by atoms with Crippen LogP contribution in [0.5, 0.6) is 0 Å². The lowest BCUT2D eigenvalue weighted by atomic mass is 10.1. The molecule has 0 unspecified atom stereocenters. The Kier molecular flexibility index (Phi) is 35.2. The molecule has 1 heterocycles. The van der Waals surface area contributed by atoms with Gasteiger partial charge in [0.2, 0.25) is 0 Å². The van der Waals surface area contributed by atoms with Crippen LogP contribution in [-0.2, 0) is 33.6 Å². The van der Waals surface area contributed by atoms with Crippen molar-refractivity contribution in [3.05, 3.63) is 24.3 Å². The Labute approximate surface area is 338 Å². The van der Waals surface area contributed by atoms with Crippen LogP contribution in [-0.4, -0.2) is 70.8 Å². The van der Waals surface area contributed by atoms with E-state index in [0.29, 0.717) is 6.54 Å². The summed E-state index contributed by atoms with van der Waals surface area (Å²) in [6.07, 6.45) is 42.7. The molecule has 0 amide bonds. The summed E-state index contributed by atoms with van der Waals surface area (Å²) in [5, 5.41) is 0. The number of esters is 2. The number of rotatable bonds is 40. The topological polar surface area (TPSA) is 111 Å². The molecule has 10 heteroatoms. The number of likely N-dealkylation sites (tertiary alicyclic amines) is 1. The molecule has 0 aromatic rings. The molecule has 1 fully saturated rings. The summed E-state index contributed by atoms with van der Waals surface area (Å²) in [4.78, 5) is 27.2. The van der Waals surface area contributed by atoms with Crippen LogP contribution in [0.2, 0.25) is 0 Å². The van der Waals surface area contributed by atoms with Gasteiger partial charge in [-0.2, -0.15) is 13.1 Å². The molecule has 0 aromatic carbocycles. The van der Waals surface area contributed by atoms with Gasteiger partial charge in [0.15, 0.2) is 0 Å². The zero-order chi connectivity index (χ0) is 39.9. The van der Waals surface area contributed by atoms with Gasteiger partial charge in [-0.3, -0.25) is 13.8 Å². The fourth-order valence-electron chi connectivity index (χ4n) is 6.85. The van der Waals surface area contributed by atoms with E-state index in [9.17, 15) is 18.0 Å². The highest BCUT2D eigenvalue weighted by Crippen LogP contribution is 2.13. The second kappa shape index (κ2) is 37.8. The fourth-order valence-corrected chi connectivity index (χ4v) is 7.75. The maximum Gasteiger partial charge on any atom is 0.336 e. The average molecular weight is 797 g/mol. The lowest BCUT2D eigenvalue weighted by Gasteiger charge is -2.19. The molecule has 0 aliphatic carbocycles. The molecule has 1 aliphatic rings. The highest BCUT2D eigenvalue weighted by Gasteiger charge is 2.23. The summed E-state index contributed by atoms with van der Waals surface area (Å²) in [7, 11) is -4.12. The summed E-state index contributed by atoms with van der Waals surface area (Å²) >= 11 is 0. The quantitative estimate of drug-likeness (QED) is 0.0371. The molecule has 1 aliphatic heterocycles. The third kappa shape index (κ3) is 35.2. The predicted molar refractivity (Wildman–Crippen MR) is 228 cm³/mol. The van der Waals surface area contributed by atoms with E-state index >= 15 is 0 Å². The second-order valence-electron chi connectivity index (χ2n) is 15.7. The summed E-state index contributed by atoms with van der Waals surface area (Å²) in [6, 6.07) is -0.923. The van der Waals surface area contributed by atoms with Crippen molar-refractivity contribution in [2.24, 2.45) is 0 Å². The molecule has 0 spiro atoms. The zero-order valence-corrected chi connectivity index (χ0v) is 36.4. The van der Waals surface area contributed by atoms with Crippen LogP contribution in [0, 0.1) is 0 Å². The Balaban J connectivity index is 2.27. The van der Waals surface area contributed by atoms with Gasteiger partial charge in [-0.25, -0.2) is 0 Å². The van der Waals surface area contributed by atoms with E-state index in [0.717, 1.165) is 103 Å². The molecule has 0 bridgehead atoms. The monoisotopic (exact) mass is 797 g/mol. The number of carbonyl (C=O) groups is 2. The second-order valence-corrected chi connectivity index (χ2v) is 17.1. The maximum atomic E-state index is 12.7. The highest BCUT2D eigenvalue weighted by atomic mass is 32.2. The fraction of sp³-hybridized carbons (Fsp3) is 0.867. The summed E-state index contributed by atoms with van der Waals surface area (Å²) in [6.45, 7) is 6.51. The number of hydrogen-bond donors (Lipinski definition) is 1. The average Bonchev–Trinajstić information content (AvgIpc) is 3.69. The van der Waals surface area contributed by atoms with Crippen LogP contribution in [0.15, 0.2) is 24.3 Å². The first-order chi connectivity index (χ1) is 26.9. The SMILES string of the molecule is CCCCCCCC/C=C\CCCCCCCC(=O)OCC(COC(=O)CCCCCCC/C=C\CCCCCCCC)NS(=O)(=O)OCCN1CCCC1. The Bertz CT molecular complexity index is 1000. The molecule has 1 N–H and O–H groups in total. The molecular weight excluding hydrogens is 713 g/mol. The van der Waals surface area contributed by atoms with Crippen molar-refractivity contribution in [1.29, 1.82) is 0 Å². The van der Waals surface area contributed by atoms with Crippen LogP contribution in [0.1, 0.15) is 206 Å². The number of carbonyl (C=O) groups excluding carboxylic acids is 2. The van der Waals surface area contributed by atoms with Crippen LogP contribution >= 0.6 is 0 Å². The van der Waals surface area contributed by atoms with Gasteiger partial charge in [-0.05, 0) is 90.1 Å². The Hall–Kier alpha value is -1.75. The molecule has 0 radical (unpaired) electrons. The van der Waals surface area contributed by atoms with Crippen molar-refractivity contribution >= 4 is 22.2 Å². The number of ether oxygens (including phenoxy) is 2. The number of nitrogens with zero attached hydrogens (tertiary/aromatic N) is 1. The predicted octanol–water partition coefficient (Wildman–Crippen LogP) is 11.5. The highest BCUT2D eigenvalue weighted by molar-refractivity contribution is 7.84. The van der Waals surface area contributed by atoms with Crippen LogP contribution < -0.4 is 4.72 Å². The third-order valence-corrected chi connectivity index (χ3v) is 11.4. The van der Waals surface area contributed by atoms with E-state index in [2.05, 4.69) is 47.8 Å². The lowest BCUT2D eigenvalue weighted by Crippen LogP contribution is -2.43. The summed E-state index contributed by atoms with van der Waals surface area (Å²) in [5.41, 5.74) is 0. The van der Waals surface area contributed by atoms with Crippen molar-refractivity contribution < 1.29 is 31.7 Å². The first-order valence-corrected chi connectivity index (χ1v) is 24.3. The number of allylic oxidation sites excluding steroid dienone is 4. The largest absolute Gasteiger partial charge is 0.464 e. The Morgan fingerprint density at radius 1 is 0.564 bits per heavy atom. The van der Waals surface area contributed by atoms with Gasteiger partial charge in [0.05, 0.1) is 12.6 Å². The van der Waals surface area contributed by atoms with Gasteiger partial charge in [-0.15, -0.1) is 0 Å². The standard InChI is InChI=1S/C45H84N2O7S/c1-3-5-7-9-11-13-15-17-19-21-23-25-27-29-31-35-44(48)52-41-43(46-55(50,51)54-40-39-47-37-33-34-38-47)42-53-45(49)36-32-30-28-26-24-22-20-18-16-14-12-10-8-6-4-2/h17-20,43,46H,3-16,21-42H2,1-2H3/b19-17-,20-18-. The molecule has 322 valence electrons. The maximum absolute atomic E-state index is 12.7. The number of hydrogen-bond acceptors (Lipinski definition) is 8. The van der Waals surface area contributed by atoms with E-state index < -0.39 is 16.3 Å². The van der Waals surface area contributed by atoms with E-state index in [-0.39, 0.29) is 44.6 Å². The van der Waals surface area contributed by atoms with Crippen LogP contribution in [0.4, 0.5) is 0 Å². The van der Waals surface area contributed by atoms with Crippen molar-refractivity contribution in [2.75, 3.05) is 39.5 Å². The first kappa shape index (κ1) is 51.3. The normalized spacial score (nSPS) is 13.9. The van der Waals surface area contributed by atoms with E-state index in [1.165, 1.54) is 89.9 Å². The minimum Gasteiger partial charge on any atom is -0.464 e. The molecule has 1 saturated heterocycles. The molecule has 9 nitrogen and oxygen atoms in total. The van der Waals surface area contributed by atoms with E-state index in [1.54, 1.807) is 0 Å². The molecule has 0 aromatic heterocycles. The van der Waals surface area contributed by atoms with Gasteiger partial charge < -0.3 is 14.4 Å². The van der Waals surface area contributed by atoms with Gasteiger partial charge in [0, 0.05) is 19.4 Å². The molecule has 0 saturated carbocycles. The molecular formula is C45H84N2O7S.